The van der Waals surface area contributed by atoms with Crippen molar-refractivity contribution in [2.75, 3.05) is 11.9 Å². The Hall–Kier alpha value is -3.53. The molecular weight excluding hydrogens is 483 g/mol. The van der Waals surface area contributed by atoms with Crippen LogP contribution in [0.25, 0.3) is 0 Å². The molecule has 1 saturated carbocycles. The third-order valence-electron chi connectivity index (χ3n) is 6.87. The first kappa shape index (κ1) is 25.1. The summed E-state index contributed by atoms with van der Waals surface area (Å²) in [6.07, 6.45) is 3.49. The van der Waals surface area contributed by atoms with E-state index in [1.807, 2.05) is 12.1 Å². The van der Waals surface area contributed by atoms with E-state index in [2.05, 4.69) is 25.6 Å². The fourth-order valence-corrected chi connectivity index (χ4v) is 4.88. The third kappa shape index (κ3) is 5.44. The van der Waals surface area contributed by atoms with Gasteiger partial charge in [0.15, 0.2) is 0 Å². The number of rotatable bonds is 9. The van der Waals surface area contributed by atoms with E-state index in [0.717, 1.165) is 37.3 Å². The highest BCUT2D eigenvalue weighted by molar-refractivity contribution is 5.80. The monoisotopic (exact) mass is 511 g/mol. The van der Waals surface area contributed by atoms with Crippen molar-refractivity contribution in [3.8, 4) is 0 Å². The van der Waals surface area contributed by atoms with Crippen LogP contribution in [0.1, 0.15) is 72.0 Å². The predicted molar refractivity (Wildman–Crippen MR) is 130 cm³/mol. The van der Waals surface area contributed by atoms with Crippen LogP contribution >= 0.6 is 0 Å². The highest BCUT2D eigenvalue weighted by atomic mass is 19.3. The van der Waals surface area contributed by atoms with Gasteiger partial charge in [0, 0.05) is 36.7 Å². The van der Waals surface area contributed by atoms with Gasteiger partial charge in [0.2, 0.25) is 5.91 Å². The summed E-state index contributed by atoms with van der Waals surface area (Å²) < 4.78 is 46.9. The first-order valence-electron chi connectivity index (χ1n) is 12.4. The number of carbonyl (C=O) groups excluding carboxylic acids is 1. The fourth-order valence-electron chi connectivity index (χ4n) is 4.88. The lowest BCUT2D eigenvalue weighted by Gasteiger charge is -2.21. The average molecular weight is 512 g/mol. The van der Waals surface area contributed by atoms with E-state index in [1.165, 1.54) is 12.1 Å². The first-order valence-corrected chi connectivity index (χ1v) is 12.4. The van der Waals surface area contributed by atoms with Crippen molar-refractivity contribution in [1.82, 2.24) is 20.3 Å². The molecule has 1 amide bonds. The lowest BCUT2D eigenvalue weighted by atomic mass is 10.0. The summed E-state index contributed by atoms with van der Waals surface area (Å²) in [5, 5.41) is 6.26. The lowest BCUT2D eigenvalue weighted by Crippen LogP contribution is -2.36. The second-order valence-corrected chi connectivity index (χ2v) is 9.50. The van der Waals surface area contributed by atoms with E-state index in [1.54, 1.807) is 19.3 Å². The number of amides is 1. The molecule has 2 aliphatic rings. The van der Waals surface area contributed by atoms with Crippen molar-refractivity contribution in [3.05, 3.63) is 82.3 Å². The van der Waals surface area contributed by atoms with Gasteiger partial charge in [-0.05, 0) is 50.3 Å². The summed E-state index contributed by atoms with van der Waals surface area (Å²) in [6.45, 7) is 2.22. The zero-order valence-electron chi connectivity index (χ0n) is 20.4. The molecule has 1 aromatic carbocycles. The zero-order chi connectivity index (χ0) is 26.0. The van der Waals surface area contributed by atoms with Gasteiger partial charge < -0.3 is 15.4 Å². The highest BCUT2D eigenvalue weighted by Gasteiger charge is 2.45. The van der Waals surface area contributed by atoms with Gasteiger partial charge in [-0.15, -0.1) is 0 Å². The summed E-state index contributed by atoms with van der Waals surface area (Å²) in [4.78, 5) is 26.3. The molecule has 2 N–H and O–H groups in total. The van der Waals surface area contributed by atoms with Crippen LogP contribution < -0.4 is 10.6 Å². The number of hydrogen-bond donors (Lipinski definition) is 2. The normalized spacial score (nSPS) is 18.1. The SMILES string of the molecule is Cc1nc(CC(=O)NC2(c3ccncc3)CC2)c(C2CCCO2)c(NCc2cccc(C(F)F)c2F)n1. The Morgan fingerprint density at radius 3 is 2.65 bits per heavy atom. The summed E-state index contributed by atoms with van der Waals surface area (Å²) in [7, 11) is 0. The zero-order valence-corrected chi connectivity index (χ0v) is 20.4. The Kier molecular flexibility index (Phi) is 7.10. The van der Waals surface area contributed by atoms with Crippen LogP contribution in [0, 0.1) is 12.7 Å². The van der Waals surface area contributed by atoms with Gasteiger partial charge in [-0.2, -0.15) is 0 Å². The molecule has 0 radical (unpaired) electrons. The first-order chi connectivity index (χ1) is 17.9. The van der Waals surface area contributed by atoms with E-state index >= 15 is 0 Å². The van der Waals surface area contributed by atoms with Gasteiger partial charge in [0.1, 0.15) is 17.5 Å². The summed E-state index contributed by atoms with van der Waals surface area (Å²) >= 11 is 0. The maximum Gasteiger partial charge on any atom is 0.266 e. The standard InChI is InChI=1S/C27H28F3N5O2/c1-16-33-20(14-22(36)35-27(9-10-27)18-7-11-31-12-8-18)23(21-6-3-13-37-21)26(34-16)32-15-17-4-2-5-19(24(17)28)25(29)30/h2,4-5,7-8,11-12,21,25H,3,6,9-10,13-15H2,1H3,(H,35,36)(H,32,33,34). The van der Waals surface area contributed by atoms with Crippen LogP contribution in [0.5, 0.6) is 0 Å². The van der Waals surface area contributed by atoms with Crippen molar-refractivity contribution in [3.63, 3.8) is 0 Å². The second kappa shape index (κ2) is 10.5. The van der Waals surface area contributed by atoms with Gasteiger partial charge in [-0.3, -0.25) is 9.78 Å². The topological polar surface area (TPSA) is 89.0 Å². The summed E-state index contributed by atoms with van der Waals surface area (Å²) in [6, 6.07) is 7.75. The molecule has 10 heteroatoms. The maximum absolute atomic E-state index is 14.6. The minimum atomic E-state index is -2.91. The van der Waals surface area contributed by atoms with E-state index in [-0.39, 0.29) is 36.1 Å². The van der Waals surface area contributed by atoms with Crippen molar-refractivity contribution in [2.45, 2.75) is 63.6 Å². The number of ether oxygens (including phenoxy) is 1. The van der Waals surface area contributed by atoms with Crippen molar-refractivity contribution < 1.29 is 22.7 Å². The number of aryl methyl sites for hydroxylation is 1. The predicted octanol–water partition coefficient (Wildman–Crippen LogP) is 5.07. The number of hydrogen-bond acceptors (Lipinski definition) is 6. The van der Waals surface area contributed by atoms with Gasteiger partial charge in [-0.1, -0.05) is 18.2 Å². The van der Waals surface area contributed by atoms with Crippen LogP contribution in [0.15, 0.2) is 42.7 Å². The number of nitrogens with one attached hydrogen (secondary N) is 2. The molecular formula is C27H28F3N5O2. The molecule has 194 valence electrons. The smallest absolute Gasteiger partial charge is 0.266 e. The van der Waals surface area contributed by atoms with Crippen LogP contribution in [0.4, 0.5) is 19.0 Å². The molecule has 7 nitrogen and oxygen atoms in total. The molecule has 0 bridgehead atoms. The average Bonchev–Trinajstić information content (AvgIpc) is 3.45. The van der Waals surface area contributed by atoms with Crippen LogP contribution in [0.2, 0.25) is 0 Å². The summed E-state index contributed by atoms with van der Waals surface area (Å²) in [5.41, 5.74) is 1.27. The van der Waals surface area contributed by atoms with E-state index < -0.39 is 17.8 Å². The van der Waals surface area contributed by atoms with Gasteiger partial charge in [-0.25, -0.2) is 23.1 Å². The molecule has 1 atom stereocenters. The number of pyridine rings is 1. The number of benzene rings is 1. The molecule has 5 rings (SSSR count). The molecule has 0 spiro atoms. The van der Waals surface area contributed by atoms with E-state index in [0.29, 0.717) is 29.5 Å². The largest absolute Gasteiger partial charge is 0.373 e. The lowest BCUT2D eigenvalue weighted by molar-refractivity contribution is -0.121. The van der Waals surface area contributed by atoms with Gasteiger partial charge in [0.05, 0.1) is 29.3 Å². The minimum Gasteiger partial charge on any atom is -0.373 e. The third-order valence-corrected chi connectivity index (χ3v) is 6.87. The van der Waals surface area contributed by atoms with Crippen molar-refractivity contribution in [1.29, 1.82) is 0 Å². The number of aromatic nitrogens is 3. The Bertz CT molecular complexity index is 1280. The van der Waals surface area contributed by atoms with Crippen LogP contribution in [0.3, 0.4) is 0 Å². The van der Waals surface area contributed by atoms with E-state index in [4.69, 9.17) is 4.74 Å². The number of nitrogens with zero attached hydrogens (tertiary/aromatic N) is 3. The highest BCUT2D eigenvalue weighted by Crippen LogP contribution is 2.45. The molecule has 1 saturated heterocycles. The van der Waals surface area contributed by atoms with Crippen molar-refractivity contribution in [2.24, 2.45) is 0 Å². The Morgan fingerprint density at radius 2 is 1.97 bits per heavy atom. The molecule has 3 aromatic rings. The molecule has 3 heterocycles. The molecule has 1 aliphatic carbocycles. The summed E-state index contributed by atoms with van der Waals surface area (Å²) in [5.74, 6) is -0.267. The van der Waals surface area contributed by atoms with Crippen LogP contribution in [-0.2, 0) is 28.0 Å². The molecule has 2 fully saturated rings. The fraction of sp³-hybridized carbons (Fsp3) is 0.407. The van der Waals surface area contributed by atoms with Crippen molar-refractivity contribution >= 4 is 11.7 Å². The number of carbonyl (C=O) groups is 1. The maximum atomic E-state index is 14.6. The van der Waals surface area contributed by atoms with Crippen LogP contribution in [-0.4, -0.2) is 27.5 Å². The molecule has 37 heavy (non-hydrogen) atoms. The molecule has 1 aliphatic heterocycles. The second-order valence-electron chi connectivity index (χ2n) is 9.50. The van der Waals surface area contributed by atoms with Gasteiger partial charge >= 0.3 is 0 Å². The molecule has 2 aromatic heterocycles. The number of halogens is 3. The Morgan fingerprint density at radius 1 is 1.19 bits per heavy atom. The quantitative estimate of drug-likeness (QED) is 0.417. The number of alkyl halides is 2. The number of anilines is 1. The Balaban J connectivity index is 1.40. The van der Waals surface area contributed by atoms with Gasteiger partial charge in [0.25, 0.3) is 6.43 Å². The van der Waals surface area contributed by atoms with E-state index in [9.17, 15) is 18.0 Å². The molecule has 1 unspecified atom stereocenters. The minimum absolute atomic E-state index is 0.0231. The Labute approximate surface area is 212 Å².